The van der Waals surface area contributed by atoms with E-state index in [-0.39, 0.29) is 24.3 Å². The monoisotopic (exact) mass is 440 g/mol. The summed E-state index contributed by atoms with van der Waals surface area (Å²) < 4.78 is 11.9. The van der Waals surface area contributed by atoms with Crippen molar-refractivity contribution in [2.75, 3.05) is 20.8 Å². The van der Waals surface area contributed by atoms with Crippen molar-refractivity contribution >= 4 is 17.7 Å². The van der Waals surface area contributed by atoms with Crippen LogP contribution in [0.25, 0.3) is 0 Å². The Balaban J connectivity index is 1.96. The topological polar surface area (TPSA) is 77.8 Å². The lowest BCUT2D eigenvalue weighted by Crippen LogP contribution is -2.44. The molecule has 0 radical (unpaired) electrons. The Morgan fingerprint density at radius 3 is 2.41 bits per heavy atom. The molecule has 0 N–H and O–H groups in total. The fraction of sp³-hybridized carbons (Fsp3) is 0.480. The summed E-state index contributed by atoms with van der Waals surface area (Å²) in [6.45, 7) is 3.52. The minimum atomic E-state index is -0.483. The summed E-state index contributed by atoms with van der Waals surface area (Å²) in [5, 5.41) is 0. The number of hydrogen-bond donors (Lipinski definition) is 0. The number of carbonyl (C=O) groups excluding carboxylic acids is 3. The van der Waals surface area contributed by atoms with E-state index in [0.29, 0.717) is 33.8 Å². The number of hydrogen-bond acceptors (Lipinski definition) is 5. The number of ketones is 1. The minimum Gasteiger partial charge on any atom is -0.497 e. The highest BCUT2D eigenvalue weighted by molar-refractivity contribution is 6.06. The first-order valence-electron chi connectivity index (χ1n) is 11.0. The van der Waals surface area contributed by atoms with Gasteiger partial charge in [-0.1, -0.05) is 25.3 Å². The zero-order chi connectivity index (χ0) is 23.4. The highest BCUT2D eigenvalue weighted by Crippen LogP contribution is 2.27. The first-order chi connectivity index (χ1) is 15.3. The summed E-state index contributed by atoms with van der Waals surface area (Å²) in [5.74, 6) is -0.233. The molecule has 32 heavy (non-hydrogen) atoms. The number of aromatic nitrogens is 1. The van der Waals surface area contributed by atoms with Gasteiger partial charge in [0, 0.05) is 29.9 Å². The molecule has 172 valence electrons. The molecule has 0 atom stereocenters. The average Bonchev–Trinajstić information content (AvgIpc) is 3.04. The second-order valence-corrected chi connectivity index (χ2v) is 8.36. The van der Waals surface area contributed by atoms with Crippen molar-refractivity contribution in [2.45, 2.75) is 52.0 Å². The molecule has 1 saturated carbocycles. The molecule has 1 aromatic carbocycles. The Morgan fingerprint density at radius 2 is 1.78 bits per heavy atom. The number of amides is 1. The molecule has 1 amide bonds. The van der Waals surface area contributed by atoms with Gasteiger partial charge in [-0.15, -0.1) is 0 Å². The normalized spacial score (nSPS) is 14.2. The lowest BCUT2D eigenvalue weighted by molar-refractivity contribution is 0.0585. The van der Waals surface area contributed by atoms with E-state index in [1.54, 1.807) is 54.8 Å². The van der Waals surface area contributed by atoms with E-state index in [0.717, 1.165) is 32.1 Å². The fourth-order valence-corrected chi connectivity index (χ4v) is 4.69. The van der Waals surface area contributed by atoms with Gasteiger partial charge < -0.3 is 18.9 Å². The number of nitrogens with zero attached hydrogens (tertiary/aromatic N) is 2. The van der Waals surface area contributed by atoms with E-state index in [1.165, 1.54) is 7.11 Å². The molecule has 0 aliphatic heterocycles. The van der Waals surface area contributed by atoms with Crippen LogP contribution < -0.4 is 4.74 Å². The van der Waals surface area contributed by atoms with Crippen LogP contribution in [0, 0.1) is 13.8 Å². The lowest BCUT2D eigenvalue weighted by atomic mass is 9.93. The highest BCUT2D eigenvalue weighted by atomic mass is 16.5. The molecule has 2 aromatic rings. The molecule has 0 saturated heterocycles. The third-order valence-corrected chi connectivity index (χ3v) is 6.50. The molecular weight excluding hydrogens is 408 g/mol. The van der Waals surface area contributed by atoms with Gasteiger partial charge in [0.15, 0.2) is 5.78 Å². The van der Waals surface area contributed by atoms with Crippen LogP contribution in [0.2, 0.25) is 0 Å². The van der Waals surface area contributed by atoms with Gasteiger partial charge in [-0.05, 0) is 50.5 Å². The standard InChI is InChI=1S/C25H32N2O5/c1-16-22(17(2)26(3)23(16)25(30)32-5)21(28)15-27(19-11-7-6-8-12-19)24(29)18-10-9-13-20(14-18)31-4/h9-10,13-14,19H,6-8,11-12,15H2,1-5H3. The number of Topliss-reactive ketones (excluding diaryl/α,β-unsaturated/α-hetero) is 1. The summed E-state index contributed by atoms with van der Waals surface area (Å²) in [4.78, 5) is 40.9. The van der Waals surface area contributed by atoms with E-state index in [1.807, 2.05) is 6.92 Å². The Kier molecular flexibility index (Phi) is 7.38. The summed E-state index contributed by atoms with van der Waals surface area (Å²) in [7, 11) is 4.63. The van der Waals surface area contributed by atoms with Crippen molar-refractivity contribution in [3.63, 3.8) is 0 Å². The van der Waals surface area contributed by atoms with Crippen molar-refractivity contribution in [3.05, 3.63) is 52.3 Å². The largest absolute Gasteiger partial charge is 0.497 e. The predicted octanol–water partition coefficient (Wildman–Crippen LogP) is 4.09. The van der Waals surface area contributed by atoms with Crippen molar-refractivity contribution in [3.8, 4) is 5.75 Å². The van der Waals surface area contributed by atoms with E-state index >= 15 is 0 Å². The summed E-state index contributed by atoms with van der Waals surface area (Å²) >= 11 is 0. The van der Waals surface area contributed by atoms with Crippen LogP contribution >= 0.6 is 0 Å². The van der Waals surface area contributed by atoms with Gasteiger partial charge >= 0.3 is 5.97 Å². The second kappa shape index (κ2) is 10.0. The molecular formula is C25H32N2O5. The van der Waals surface area contributed by atoms with Crippen molar-refractivity contribution in [1.29, 1.82) is 0 Å². The molecule has 1 aromatic heterocycles. The molecule has 1 fully saturated rings. The van der Waals surface area contributed by atoms with Crippen LogP contribution in [0.15, 0.2) is 24.3 Å². The summed E-state index contributed by atoms with van der Waals surface area (Å²) in [5.41, 5.74) is 2.60. The third-order valence-electron chi connectivity index (χ3n) is 6.50. The Labute approximate surface area is 189 Å². The highest BCUT2D eigenvalue weighted by Gasteiger charge is 2.31. The fourth-order valence-electron chi connectivity index (χ4n) is 4.69. The van der Waals surface area contributed by atoms with Crippen LogP contribution in [0.4, 0.5) is 0 Å². The maximum Gasteiger partial charge on any atom is 0.354 e. The SMILES string of the molecule is COC(=O)c1c(C)c(C(=O)CN(C(=O)c2cccc(OC)c2)C2CCCCC2)c(C)n1C. The van der Waals surface area contributed by atoms with Gasteiger partial charge in [-0.25, -0.2) is 4.79 Å². The van der Waals surface area contributed by atoms with Crippen LogP contribution in [0.5, 0.6) is 5.75 Å². The Hall–Kier alpha value is -3.09. The van der Waals surface area contributed by atoms with E-state index in [4.69, 9.17) is 9.47 Å². The van der Waals surface area contributed by atoms with Crippen LogP contribution in [-0.4, -0.2) is 53.9 Å². The number of ether oxygens (including phenoxy) is 2. The molecule has 0 unspecified atom stereocenters. The summed E-state index contributed by atoms with van der Waals surface area (Å²) in [6.07, 6.45) is 4.98. The molecule has 3 rings (SSSR count). The third kappa shape index (κ3) is 4.56. The molecule has 1 aliphatic carbocycles. The average molecular weight is 441 g/mol. The lowest BCUT2D eigenvalue weighted by Gasteiger charge is -2.34. The number of benzene rings is 1. The molecule has 1 aliphatic rings. The smallest absolute Gasteiger partial charge is 0.354 e. The first-order valence-corrected chi connectivity index (χ1v) is 11.0. The van der Waals surface area contributed by atoms with Gasteiger partial charge in [0.25, 0.3) is 5.91 Å². The molecule has 0 spiro atoms. The van der Waals surface area contributed by atoms with Crippen molar-refractivity contribution in [2.24, 2.45) is 7.05 Å². The second-order valence-electron chi connectivity index (χ2n) is 8.36. The minimum absolute atomic E-state index is 0.0100. The summed E-state index contributed by atoms with van der Waals surface area (Å²) in [6, 6.07) is 7.03. The zero-order valence-corrected chi connectivity index (χ0v) is 19.6. The quantitative estimate of drug-likeness (QED) is 0.479. The van der Waals surface area contributed by atoms with E-state index < -0.39 is 5.97 Å². The van der Waals surface area contributed by atoms with Gasteiger partial charge in [0.05, 0.1) is 20.8 Å². The van der Waals surface area contributed by atoms with Crippen LogP contribution in [0.3, 0.4) is 0 Å². The van der Waals surface area contributed by atoms with Gasteiger partial charge in [0.2, 0.25) is 0 Å². The van der Waals surface area contributed by atoms with Crippen LogP contribution in [-0.2, 0) is 11.8 Å². The maximum atomic E-state index is 13.5. The van der Waals surface area contributed by atoms with Gasteiger partial charge in [-0.3, -0.25) is 9.59 Å². The maximum absolute atomic E-state index is 13.5. The molecule has 1 heterocycles. The number of esters is 1. The van der Waals surface area contributed by atoms with Crippen LogP contribution in [0.1, 0.15) is 74.6 Å². The predicted molar refractivity (Wildman–Crippen MR) is 121 cm³/mol. The number of rotatable bonds is 7. The Morgan fingerprint density at radius 1 is 1.09 bits per heavy atom. The zero-order valence-electron chi connectivity index (χ0n) is 19.6. The van der Waals surface area contributed by atoms with Gasteiger partial charge in [-0.2, -0.15) is 0 Å². The molecule has 0 bridgehead atoms. The Bertz CT molecular complexity index is 1020. The van der Waals surface area contributed by atoms with Gasteiger partial charge in [0.1, 0.15) is 11.4 Å². The molecule has 7 nitrogen and oxygen atoms in total. The van der Waals surface area contributed by atoms with E-state index in [2.05, 4.69) is 0 Å². The van der Waals surface area contributed by atoms with E-state index in [9.17, 15) is 14.4 Å². The van der Waals surface area contributed by atoms with Crippen molar-refractivity contribution in [1.82, 2.24) is 9.47 Å². The first kappa shape index (κ1) is 23.6. The number of methoxy groups -OCH3 is 2. The molecule has 7 heteroatoms. The van der Waals surface area contributed by atoms with Crippen molar-refractivity contribution < 1.29 is 23.9 Å². The number of carbonyl (C=O) groups is 3.